The minimum absolute atomic E-state index is 0.109. The van der Waals surface area contributed by atoms with Crippen molar-refractivity contribution >= 4 is 11.9 Å². The normalized spacial score (nSPS) is 10.1. The van der Waals surface area contributed by atoms with E-state index >= 15 is 0 Å². The molecule has 25 heavy (non-hydrogen) atoms. The lowest BCUT2D eigenvalue weighted by Gasteiger charge is -2.08. The maximum atomic E-state index is 11.8. The number of ether oxygens (including phenoxy) is 2. The van der Waals surface area contributed by atoms with E-state index in [0.717, 1.165) is 16.9 Å². The van der Waals surface area contributed by atoms with E-state index in [1.807, 2.05) is 61.5 Å². The van der Waals surface area contributed by atoms with Crippen molar-refractivity contribution in [3.05, 3.63) is 65.7 Å². The average Bonchev–Trinajstić information content (AvgIpc) is 2.60. The fourth-order valence-electron chi connectivity index (χ4n) is 2.24. The van der Waals surface area contributed by atoms with Gasteiger partial charge in [-0.25, -0.2) is 0 Å². The molecule has 5 heteroatoms. The molecule has 2 rings (SSSR count). The van der Waals surface area contributed by atoms with Crippen molar-refractivity contribution < 1.29 is 19.1 Å². The van der Waals surface area contributed by atoms with E-state index in [9.17, 15) is 9.59 Å². The van der Waals surface area contributed by atoms with Crippen molar-refractivity contribution in [1.29, 1.82) is 0 Å². The first-order valence-corrected chi connectivity index (χ1v) is 8.29. The van der Waals surface area contributed by atoms with Gasteiger partial charge in [-0.05, 0) is 30.2 Å². The molecule has 0 radical (unpaired) electrons. The summed E-state index contributed by atoms with van der Waals surface area (Å²) in [4.78, 5) is 23.4. The molecule has 0 bridgehead atoms. The zero-order chi connectivity index (χ0) is 17.9. The number of carbonyl (C=O) groups is 2. The van der Waals surface area contributed by atoms with Crippen LogP contribution in [0, 0.1) is 6.92 Å². The molecular weight excluding hydrogens is 318 g/mol. The number of carbonyl (C=O) groups excluding carboxylic acids is 2. The number of rotatable bonds is 9. The molecular formula is C20H23NO4. The fourth-order valence-corrected chi connectivity index (χ4v) is 2.24. The molecule has 0 unspecified atom stereocenters. The van der Waals surface area contributed by atoms with Crippen LogP contribution in [-0.4, -0.2) is 31.6 Å². The van der Waals surface area contributed by atoms with Gasteiger partial charge in [-0.15, -0.1) is 0 Å². The number of hydrogen-bond donors (Lipinski definition) is 1. The van der Waals surface area contributed by atoms with Crippen LogP contribution >= 0.6 is 0 Å². The van der Waals surface area contributed by atoms with Gasteiger partial charge < -0.3 is 14.8 Å². The summed E-state index contributed by atoms with van der Waals surface area (Å²) in [5.41, 5.74) is 2.05. The van der Waals surface area contributed by atoms with E-state index in [1.165, 1.54) is 0 Å². The summed E-state index contributed by atoms with van der Waals surface area (Å²) in [6.07, 6.45) is 0.450. The molecule has 132 valence electrons. The van der Waals surface area contributed by atoms with E-state index in [1.54, 1.807) is 0 Å². The lowest BCUT2D eigenvalue weighted by atomic mass is 10.1. The van der Waals surface area contributed by atoms with E-state index < -0.39 is 0 Å². The predicted molar refractivity (Wildman–Crippen MR) is 95.4 cm³/mol. The third kappa shape index (κ3) is 7.52. The van der Waals surface area contributed by atoms with Crippen LogP contribution in [0.3, 0.4) is 0 Å². The number of benzene rings is 2. The molecule has 0 saturated carbocycles. The van der Waals surface area contributed by atoms with Gasteiger partial charge in [0, 0.05) is 6.54 Å². The third-order valence-electron chi connectivity index (χ3n) is 3.46. The minimum Gasteiger partial charge on any atom is -0.490 e. The molecule has 0 fully saturated rings. The van der Waals surface area contributed by atoms with Gasteiger partial charge in [-0.1, -0.05) is 42.5 Å². The summed E-state index contributed by atoms with van der Waals surface area (Å²) >= 11 is 0. The highest BCUT2D eigenvalue weighted by Crippen LogP contribution is 2.11. The Bertz CT molecular complexity index is 685. The Morgan fingerprint density at radius 3 is 2.56 bits per heavy atom. The fraction of sp³-hybridized carbons (Fsp3) is 0.300. The molecule has 0 atom stereocenters. The quantitative estimate of drug-likeness (QED) is 0.562. The van der Waals surface area contributed by atoms with Crippen LogP contribution in [0.5, 0.6) is 5.75 Å². The lowest BCUT2D eigenvalue weighted by molar-refractivity contribution is -0.144. The number of amides is 1. The second kappa shape index (κ2) is 10.1. The van der Waals surface area contributed by atoms with Crippen LogP contribution in [0.1, 0.15) is 17.5 Å². The molecule has 0 aliphatic rings. The zero-order valence-corrected chi connectivity index (χ0v) is 14.4. The maximum Gasteiger partial charge on any atom is 0.307 e. The van der Waals surface area contributed by atoms with Gasteiger partial charge in [0.15, 0.2) is 0 Å². The zero-order valence-electron chi connectivity index (χ0n) is 14.4. The van der Waals surface area contributed by atoms with Crippen LogP contribution in [0.25, 0.3) is 0 Å². The van der Waals surface area contributed by atoms with Crippen LogP contribution in [0.4, 0.5) is 0 Å². The Kier molecular flexibility index (Phi) is 7.50. The molecule has 0 saturated heterocycles. The molecule has 1 N–H and O–H groups in total. The molecule has 1 amide bonds. The van der Waals surface area contributed by atoms with Crippen LogP contribution in [-0.2, 0) is 20.7 Å². The highest BCUT2D eigenvalue weighted by Gasteiger charge is 2.06. The largest absolute Gasteiger partial charge is 0.490 e. The maximum absolute atomic E-state index is 11.8. The Morgan fingerprint density at radius 2 is 1.80 bits per heavy atom. The summed E-state index contributed by atoms with van der Waals surface area (Å²) in [6, 6.07) is 17.1. The van der Waals surface area contributed by atoms with Crippen molar-refractivity contribution in [1.82, 2.24) is 5.32 Å². The Balaban J connectivity index is 1.54. The van der Waals surface area contributed by atoms with Crippen molar-refractivity contribution in [3.8, 4) is 5.75 Å². The molecule has 5 nitrogen and oxygen atoms in total. The molecule has 0 heterocycles. The first-order valence-electron chi connectivity index (χ1n) is 8.29. The van der Waals surface area contributed by atoms with Gasteiger partial charge in [0.2, 0.25) is 5.91 Å². The highest BCUT2D eigenvalue weighted by molar-refractivity contribution is 5.79. The molecule has 0 aliphatic heterocycles. The van der Waals surface area contributed by atoms with Gasteiger partial charge in [-0.2, -0.15) is 0 Å². The lowest BCUT2D eigenvalue weighted by Crippen LogP contribution is -2.28. The first kappa shape index (κ1) is 18.5. The Morgan fingerprint density at radius 1 is 1.00 bits per heavy atom. The minimum atomic E-state index is -0.354. The van der Waals surface area contributed by atoms with Crippen LogP contribution in [0.2, 0.25) is 0 Å². The third-order valence-corrected chi connectivity index (χ3v) is 3.46. The number of aryl methyl sites for hydroxylation is 1. The summed E-state index contributed by atoms with van der Waals surface area (Å²) in [7, 11) is 0. The highest BCUT2D eigenvalue weighted by atomic mass is 16.6. The Labute approximate surface area is 148 Å². The summed E-state index contributed by atoms with van der Waals surface area (Å²) in [5, 5.41) is 2.71. The number of esters is 1. The van der Waals surface area contributed by atoms with Gasteiger partial charge >= 0.3 is 5.97 Å². The molecule has 0 aromatic heterocycles. The van der Waals surface area contributed by atoms with Crippen LogP contribution < -0.4 is 10.1 Å². The summed E-state index contributed by atoms with van der Waals surface area (Å²) in [5.74, 6) is 0.291. The average molecular weight is 341 g/mol. The van der Waals surface area contributed by atoms with Crippen molar-refractivity contribution in [2.24, 2.45) is 0 Å². The van der Waals surface area contributed by atoms with Crippen molar-refractivity contribution in [3.63, 3.8) is 0 Å². The van der Waals surface area contributed by atoms with E-state index in [-0.39, 0.29) is 31.4 Å². The van der Waals surface area contributed by atoms with E-state index in [2.05, 4.69) is 5.32 Å². The molecule has 2 aromatic rings. The van der Waals surface area contributed by atoms with Gasteiger partial charge in [-0.3, -0.25) is 9.59 Å². The van der Waals surface area contributed by atoms with Gasteiger partial charge in [0.05, 0.1) is 12.8 Å². The van der Waals surface area contributed by atoms with Gasteiger partial charge in [0.25, 0.3) is 0 Å². The van der Waals surface area contributed by atoms with Crippen molar-refractivity contribution in [2.45, 2.75) is 19.8 Å². The molecule has 2 aromatic carbocycles. The van der Waals surface area contributed by atoms with Crippen molar-refractivity contribution in [2.75, 3.05) is 19.8 Å². The second-order valence-electron chi connectivity index (χ2n) is 5.65. The second-order valence-corrected chi connectivity index (χ2v) is 5.65. The van der Waals surface area contributed by atoms with E-state index in [4.69, 9.17) is 9.47 Å². The Hall–Kier alpha value is -2.82. The van der Waals surface area contributed by atoms with Crippen LogP contribution in [0.15, 0.2) is 54.6 Å². The molecule has 0 spiro atoms. The first-order chi connectivity index (χ1) is 12.1. The molecule has 0 aliphatic carbocycles. The monoisotopic (exact) mass is 341 g/mol. The topological polar surface area (TPSA) is 64.6 Å². The predicted octanol–water partition coefficient (Wildman–Crippen LogP) is 2.67. The van der Waals surface area contributed by atoms with E-state index in [0.29, 0.717) is 13.0 Å². The van der Waals surface area contributed by atoms with Gasteiger partial charge in [0.1, 0.15) is 19.0 Å². The summed E-state index contributed by atoms with van der Waals surface area (Å²) in [6.45, 7) is 2.74. The summed E-state index contributed by atoms with van der Waals surface area (Å²) < 4.78 is 10.6. The number of nitrogens with one attached hydrogen (secondary N) is 1. The SMILES string of the molecule is Cc1cccc(OCCOC(=O)CCNC(=O)Cc2ccccc2)c1. The number of hydrogen-bond acceptors (Lipinski definition) is 4. The smallest absolute Gasteiger partial charge is 0.307 e. The standard InChI is InChI=1S/C20H23NO4/c1-16-6-5-9-18(14-16)24-12-13-25-20(23)10-11-21-19(22)15-17-7-3-2-4-8-17/h2-9,14H,10-13,15H2,1H3,(H,21,22).